The first-order valence-electron chi connectivity index (χ1n) is 10.4. The third-order valence-electron chi connectivity index (χ3n) is 4.95. The number of nitrogens with zero attached hydrogens (tertiary/aromatic N) is 4. The van der Waals surface area contributed by atoms with Crippen LogP contribution < -0.4 is 5.32 Å². The summed E-state index contributed by atoms with van der Waals surface area (Å²) in [5.74, 6) is 0.645. The molecule has 1 fully saturated rings. The molecule has 0 aliphatic carbocycles. The Bertz CT molecular complexity index is 878. The molecule has 1 aliphatic rings. The molecule has 0 bridgehead atoms. The SMILES string of the molecule is CC(C)c1c(C(=O)NC2CCN(C(=O)OC(C)(C)C)CC2)cnn1-c1ccccn1. The van der Waals surface area contributed by atoms with Crippen molar-refractivity contribution in [2.75, 3.05) is 13.1 Å². The third kappa shape index (κ3) is 5.17. The summed E-state index contributed by atoms with van der Waals surface area (Å²) in [7, 11) is 0. The molecule has 0 saturated carbocycles. The minimum Gasteiger partial charge on any atom is -0.444 e. The number of likely N-dealkylation sites (tertiary alicyclic amines) is 1. The maximum absolute atomic E-state index is 13.0. The number of piperidine rings is 1. The lowest BCUT2D eigenvalue weighted by atomic mass is 10.0. The molecule has 2 aromatic rings. The van der Waals surface area contributed by atoms with Gasteiger partial charge in [-0.3, -0.25) is 4.79 Å². The lowest BCUT2D eigenvalue weighted by Crippen LogP contribution is -2.47. The van der Waals surface area contributed by atoms with E-state index in [-0.39, 0.29) is 24.0 Å². The van der Waals surface area contributed by atoms with Gasteiger partial charge in [0, 0.05) is 25.3 Å². The van der Waals surface area contributed by atoms with Gasteiger partial charge in [0.2, 0.25) is 0 Å². The fourth-order valence-electron chi connectivity index (χ4n) is 3.55. The second kappa shape index (κ2) is 8.85. The van der Waals surface area contributed by atoms with Crippen LogP contribution in [0.2, 0.25) is 0 Å². The average Bonchev–Trinajstić information content (AvgIpc) is 3.13. The molecule has 8 nitrogen and oxygen atoms in total. The Hall–Kier alpha value is -2.90. The van der Waals surface area contributed by atoms with E-state index < -0.39 is 5.60 Å². The maximum atomic E-state index is 13.0. The molecule has 162 valence electrons. The highest BCUT2D eigenvalue weighted by atomic mass is 16.6. The van der Waals surface area contributed by atoms with Crippen molar-refractivity contribution in [1.29, 1.82) is 0 Å². The Kier molecular flexibility index (Phi) is 6.43. The summed E-state index contributed by atoms with van der Waals surface area (Å²) in [6.45, 7) is 10.8. The van der Waals surface area contributed by atoms with Gasteiger partial charge in [0.25, 0.3) is 5.91 Å². The molecule has 1 saturated heterocycles. The molecule has 0 radical (unpaired) electrons. The first-order chi connectivity index (χ1) is 14.2. The summed E-state index contributed by atoms with van der Waals surface area (Å²) in [4.78, 5) is 31.3. The molecule has 0 aromatic carbocycles. The van der Waals surface area contributed by atoms with Crippen LogP contribution in [0.3, 0.4) is 0 Å². The summed E-state index contributed by atoms with van der Waals surface area (Å²) in [6, 6.07) is 5.62. The molecule has 2 aromatic heterocycles. The molecule has 1 aliphatic heterocycles. The van der Waals surface area contributed by atoms with E-state index in [1.54, 1.807) is 22.0 Å². The molecule has 0 unspecified atom stereocenters. The van der Waals surface area contributed by atoms with Gasteiger partial charge >= 0.3 is 6.09 Å². The van der Waals surface area contributed by atoms with E-state index >= 15 is 0 Å². The predicted molar refractivity (Wildman–Crippen MR) is 114 cm³/mol. The highest BCUT2D eigenvalue weighted by Crippen LogP contribution is 2.23. The molecule has 30 heavy (non-hydrogen) atoms. The number of carbonyl (C=O) groups excluding carboxylic acids is 2. The fourth-order valence-corrected chi connectivity index (χ4v) is 3.55. The number of hydrogen-bond donors (Lipinski definition) is 1. The van der Waals surface area contributed by atoms with Crippen molar-refractivity contribution in [3.8, 4) is 5.82 Å². The van der Waals surface area contributed by atoms with Crippen LogP contribution in [0.15, 0.2) is 30.6 Å². The van der Waals surface area contributed by atoms with Crippen molar-refractivity contribution in [2.24, 2.45) is 0 Å². The zero-order valence-electron chi connectivity index (χ0n) is 18.4. The topological polar surface area (TPSA) is 89.4 Å². The third-order valence-corrected chi connectivity index (χ3v) is 4.95. The van der Waals surface area contributed by atoms with Crippen LogP contribution in [0.1, 0.15) is 69.4 Å². The van der Waals surface area contributed by atoms with E-state index in [1.165, 1.54) is 0 Å². The number of carbonyl (C=O) groups is 2. The maximum Gasteiger partial charge on any atom is 0.410 e. The minimum absolute atomic E-state index is 0.00870. The van der Waals surface area contributed by atoms with Crippen LogP contribution >= 0.6 is 0 Å². The first kappa shape index (κ1) is 21.8. The highest BCUT2D eigenvalue weighted by Gasteiger charge is 2.29. The zero-order valence-corrected chi connectivity index (χ0v) is 18.4. The number of rotatable bonds is 4. The molecule has 8 heteroatoms. The van der Waals surface area contributed by atoms with Gasteiger partial charge in [0.15, 0.2) is 5.82 Å². The summed E-state index contributed by atoms with van der Waals surface area (Å²) in [6.07, 6.45) is 4.40. The lowest BCUT2D eigenvalue weighted by molar-refractivity contribution is 0.0199. The number of ether oxygens (including phenoxy) is 1. The molecule has 3 rings (SSSR count). The van der Waals surface area contributed by atoms with Gasteiger partial charge in [-0.25, -0.2) is 14.5 Å². The van der Waals surface area contributed by atoms with Crippen LogP contribution in [0.25, 0.3) is 5.82 Å². The van der Waals surface area contributed by atoms with E-state index in [4.69, 9.17) is 4.74 Å². The van der Waals surface area contributed by atoms with Crippen LogP contribution in [0, 0.1) is 0 Å². The quantitative estimate of drug-likeness (QED) is 0.828. The average molecular weight is 414 g/mol. The fraction of sp³-hybridized carbons (Fsp3) is 0.545. The van der Waals surface area contributed by atoms with E-state index in [0.29, 0.717) is 37.3 Å². The first-order valence-corrected chi connectivity index (χ1v) is 10.4. The highest BCUT2D eigenvalue weighted by molar-refractivity contribution is 5.95. The predicted octanol–water partition coefficient (Wildman–Crippen LogP) is 3.52. The van der Waals surface area contributed by atoms with Gasteiger partial charge in [-0.1, -0.05) is 19.9 Å². The number of hydrogen-bond acceptors (Lipinski definition) is 5. The second-order valence-corrected chi connectivity index (χ2v) is 8.91. The standard InChI is InChI=1S/C22H31N5O3/c1-15(2)19-17(14-24-27(19)18-8-6-7-11-23-18)20(28)25-16-9-12-26(13-10-16)21(29)30-22(3,4)5/h6-8,11,14-16H,9-10,12-13H2,1-5H3,(H,25,28). The number of nitrogens with one attached hydrogen (secondary N) is 1. The van der Waals surface area contributed by atoms with Gasteiger partial charge in [0.05, 0.1) is 17.5 Å². The Morgan fingerprint density at radius 2 is 1.90 bits per heavy atom. The molecule has 2 amide bonds. The number of aromatic nitrogens is 3. The molecular formula is C22H31N5O3. The van der Waals surface area contributed by atoms with E-state index in [2.05, 4.69) is 15.4 Å². The van der Waals surface area contributed by atoms with E-state index in [0.717, 1.165) is 5.69 Å². The van der Waals surface area contributed by atoms with Gasteiger partial charge in [-0.05, 0) is 51.7 Å². The molecule has 1 N–H and O–H groups in total. The van der Waals surface area contributed by atoms with E-state index in [9.17, 15) is 9.59 Å². The summed E-state index contributed by atoms with van der Waals surface area (Å²) < 4.78 is 7.16. The van der Waals surface area contributed by atoms with Crippen molar-refractivity contribution in [3.63, 3.8) is 0 Å². The molecule has 0 spiro atoms. The molecule has 0 atom stereocenters. The Balaban J connectivity index is 1.65. The largest absolute Gasteiger partial charge is 0.444 e. The van der Waals surface area contributed by atoms with Gasteiger partial charge in [0.1, 0.15) is 5.60 Å². The van der Waals surface area contributed by atoms with Crippen molar-refractivity contribution in [2.45, 2.75) is 65.0 Å². The van der Waals surface area contributed by atoms with Crippen LogP contribution in [-0.4, -0.2) is 56.4 Å². The number of amides is 2. The lowest BCUT2D eigenvalue weighted by Gasteiger charge is -2.33. The van der Waals surface area contributed by atoms with Crippen molar-refractivity contribution < 1.29 is 14.3 Å². The second-order valence-electron chi connectivity index (χ2n) is 8.91. The van der Waals surface area contributed by atoms with Crippen LogP contribution in [-0.2, 0) is 4.74 Å². The summed E-state index contributed by atoms with van der Waals surface area (Å²) in [5.41, 5.74) is 0.881. The van der Waals surface area contributed by atoms with Crippen molar-refractivity contribution in [1.82, 2.24) is 25.0 Å². The Labute approximate surface area is 177 Å². The zero-order chi connectivity index (χ0) is 21.9. The monoisotopic (exact) mass is 413 g/mol. The normalized spacial score (nSPS) is 15.3. The van der Waals surface area contributed by atoms with Gasteiger partial charge in [-0.2, -0.15) is 5.10 Å². The van der Waals surface area contributed by atoms with E-state index in [1.807, 2.05) is 52.8 Å². The van der Waals surface area contributed by atoms with Crippen LogP contribution in [0.5, 0.6) is 0 Å². The Morgan fingerprint density at radius 1 is 1.20 bits per heavy atom. The summed E-state index contributed by atoms with van der Waals surface area (Å²) in [5, 5.41) is 7.53. The van der Waals surface area contributed by atoms with Crippen LogP contribution in [0.4, 0.5) is 4.79 Å². The van der Waals surface area contributed by atoms with Gasteiger partial charge in [-0.15, -0.1) is 0 Å². The van der Waals surface area contributed by atoms with Crippen molar-refractivity contribution in [3.05, 3.63) is 41.9 Å². The Morgan fingerprint density at radius 3 is 2.47 bits per heavy atom. The van der Waals surface area contributed by atoms with Crippen molar-refractivity contribution >= 4 is 12.0 Å². The minimum atomic E-state index is -0.511. The molecule has 3 heterocycles. The van der Waals surface area contributed by atoms with Gasteiger partial charge < -0.3 is 15.0 Å². The summed E-state index contributed by atoms with van der Waals surface area (Å²) >= 11 is 0. The number of pyridine rings is 1. The molecular weight excluding hydrogens is 382 g/mol. The smallest absolute Gasteiger partial charge is 0.410 e.